The molecule has 2 nitrogen and oxygen atoms in total. The van der Waals surface area contributed by atoms with Gasteiger partial charge in [0, 0.05) is 18.3 Å². The van der Waals surface area contributed by atoms with Crippen molar-refractivity contribution in [1.82, 2.24) is 0 Å². The number of carbonyl (C=O) groups excluding carboxylic acids is 2. The zero-order chi connectivity index (χ0) is 12.1. The Morgan fingerprint density at radius 1 is 1.38 bits per heavy atom. The van der Waals surface area contributed by atoms with Gasteiger partial charge in [0.15, 0.2) is 15.9 Å². The van der Waals surface area contributed by atoms with Gasteiger partial charge < -0.3 is 0 Å². The number of Topliss-reactive ketones (excluding diaryl/α,β-unsaturated/α-hetero) is 2. The molecule has 0 aliphatic heterocycles. The summed E-state index contributed by atoms with van der Waals surface area (Å²) in [5.41, 5.74) is 0.348. The Hall–Kier alpha value is -0.340. The lowest BCUT2D eigenvalue weighted by Gasteiger charge is -2.53. The van der Waals surface area contributed by atoms with Crippen molar-refractivity contribution in [3.05, 3.63) is 11.6 Å². The van der Waals surface area contributed by atoms with Crippen LogP contribution in [0.5, 0.6) is 0 Å². The van der Waals surface area contributed by atoms with Crippen LogP contribution in [0, 0.1) is 11.3 Å². The van der Waals surface area contributed by atoms with Gasteiger partial charge in [-0.1, -0.05) is 36.2 Å². The monoisotopic (exact) mass is 260 g/mol. The average Bonchev–Trinajstić information content (AvgIpc) is 2.22. The van der Waals surface area contributed by atoms with Crippen LogP contribution in [-0.2, 0) is 9.59 Å². The first-order valence-corrected chi connectivity index (χ1v) is 6.15. The second kappa shape index (κ2) is 3.58. The molecule has 0 aromatic rings. The molecule has 0 aromatic carbocycles. The predicted octanol–water partition coefficient (Wildman–Crippen LogP) is 3.06. The number of hydrogen-bond acceptors (Lipinski definition) is 2. The maximum Gasteiger partial charge on any atom is 0.181 e. The van der Waals surface area contributed by atoms with Crippen LogP contribution in [0.15, 0.2) is 11.6 Å². The number of halogens is 2. The number of alkyl halides is 2. The maximum absolute atomic E-state index is 11.6. The van der Waals surface area contributed by atoms with Gasteiger partial charge in [-0.3, -0.25) is 9.59 Å². The van der Waals surface area contributed by atoms with Gasteiger partial charge in [-0.05, 0) is 24.8 Å². The summed E-state index contributed by atoms with van der Waals surface area (Å²) in [6.07, 6.45) is 3.54. The number of hydrogen-bond donors (Lipinski definition) is 0. The van der Waals surface area contributed by atoms with E-state index in [-0.39, 0.29) is 17.5 Å². The van der Waals surface area contributed by atoms with Crippen LogP contribution in [0.2, 0.25) is 0 Å². The smallest absolute Gasteiger partial charge is 0.181 e. The van der Waals surface area contributed by atoms with Gasteiger partial charge in [0.05, 0.1) is 0 Å². The largest absolute Gasteiger partial charge is 0.296 e. The highest BCUT2D eigenvalue weighted by Gasteiger charge is 2.64. The van der Waals surface area contributed by atoms with Crippen molar-refractivity contribution in [2.24, 2.45) is 11.3 Å². The van der Waals surface area contributed by atoms with Crippen molar-refractivity contribution in [3.63, 3.8) is 0 Å². The van der Waals surface area contributed by atoms with Gasteiger partial charge in [0.1, 0.15) is 0 Å². The van der Waals surface area contributed by atoms with E-state index in [1.165, 1.54) is 0 Å². The second-order valence-electron chi connectivity index (χ2n) is 5.04. The van der Waals surface area contributed by atoms with Crippen LogP contribution in [0.3, 0.4) is 0 Å². The van der Waals surface area contributed by atoms with Crippen molar-refractivity contribution in [2.75, 3.05) is 0 Å². The van der Waals surface area contributed by atoms with Crippen molar-refractivity contribution in [1.29, 1.82) is 0 Å². The van der Waals surface area contributed by atoms with Gasteiger partial charge in [0.25, 0.3) is 0 Å². The van der Waals surface area contributed by atoms with Crippen LogP contribution < -0.4 is 0 Å². The third kappa shape index (κ3) is 1.46. The summed E-state index contributed by atoms with van der Waals surface area (Å²) in [5, 5.41) is 0. The van der Waals surface area contributed by atoms with E-state index in [1.54, 1.807) is 0 Å². The average molecular weight is 261 g/mol. The van der Waals surface area contributed by atoms with Gasteiger partial charge in [-0.25, -0.2) is 0 Å². The zero-order valence-corrected chi connectivity index (χ0v) is 10.9. The second-order valence-corrected chi connectivity index (χ2v) is 6.37. The summed E-state index contributed by atoms with van der Waals surface area (Å²) >= 11 is 12.1. The number of carbonyl (C=O) groups is 2. The molecule has 0 amide bonds. The summed E-state index contributed by atoms with van der Waals surface area (Å²) < 4.78 is -1.31. The van der Waals surface area contributed by atoms with E-state index < -0.39 is 9.75 Å². The Bertz CT molecular complexity index is 398. The van der Waals surface area contributed by atoms with E-state index >= 15 is 0 Å². The Morgan fingerprint density at radius 2 is 2.00 bits per heavy atom. The van der Waals surface area contributed by atoms with Crippen LogP contribution in [-0.4, -0.2) is 15.9 Å². The third-order valence-corrected chi connectivity index (χ3v) is 5.36. The molecule has 0 radical (unpaired) electrons. The quantitative estimate of drug-likeness (QED) is 0.680. The minimum atomic E-state index is -1.31. The van der Waals surface area contributed by atoms with Gasteiger partial charge in [-0.2, -0.15) is 0 Å². The molecule has 16 heavy (non-hydrogen) atoms. The predicted molar refractivity (Wildman–Crippen MR) is 63.7 cm³/mol. The molecule has 0 spiro atoms. The Labute approximate surface area is 105 Å². The van der Waals surface area contributed by atoms with E-state index in [2.05, 4.69) is 0 Å². The van der Waals surface area contributed by atoms with Crippen LogP contribution in [0.4, 0.5) is 0 Å². The van der Waals surface area contributed by atoms with Crippen LogP contribution >= 0.6 is 23.2 Å². The topological polar surface area (TPSA) is 34.1 Å². The van der Waals surface area contributed by atoms with Crippen LogP contribution in [0.1, 0.15) is 33.1 Å². The summed E-state index contributed by atoms with van der Waals surface area (Å²) in [4.78, 5) is 23.0. The molecule has 0 saturated heterocycles. The first kappa shape index (κ1) is 12.1. The molecule has 2 aliphatic rings. The highest BCUT2D eigenvalue weighted by atomic mass is 35.5. The molecule has 1 fully saturated rings. The van der Waals surface area contributed by atoms with E-state index in [9.17, 15) is 9.59 Å². The summed E-state index contributed by atoms with van der Waals surface area (Å²) in [6.45, 7) is 3.72. The number of rotatable bonds is 1. The first-order valence-electron chi connectivity index (χ1n) is 5.40. The lowest BCUT2D eigenvalue weighted by Crippen LogP contribution is -2.60. The van der Waals surface area contributed by atoms with Crippen molar-refractivity contribution >= 4 is 34.8 Å². The fourth-order valence-electron chi connectivity index (χ4n) is 2.55. The molecular weight excluding hydrogens is 247 g/mol. The fraction of sp³-hybridized carbons (Fsp3) is 0.667. The molecule has 1 saturated carbocycles. The number of ketones is 2. The summed E-state index contributed by atoms with van der Waals surface area (Å²) in [5.74, 6) is 0.0921. The minimum Gasteiger partial charge on any atom is -0.296 e. The Morgan fingerprint density at radius 3 is 2.44 bits per heavy atom. The van der Waals surface area contributed by atoms with E-state index in [4.69, 9.17) is 23.2 Å². The van der Waals surface area contributed by atoms with Crippen molar-refractivity contribution in [3.8, 4) is 0 Å². The molecule has 2 atom stereocenters. The highest BCUT2D eigenvalue weighted by Crippen LogP contribution is 2.60. The lowest BCUT2D eigenvalue weighted by molar-refractivity contribution is -0.138. The Balaban J connectivity index is 2.22. The molecule has 2 aliphatic carbocycles. The maximum atomic E-state index is 11.6. The minimum absolute atomic E-state index is 0.0800. The molecule has 4 heteroatoms. The van der Waals surface area contributed by atoms with Gasteiger partial charge in [-0.15, -0.1) is 0 Å². The van der Waals surface area contributed by atoms with E-state index in [0.717, 1.165) is 12.0 Å². The van der Waals surface area contributed by atoms with Crippen LogP contribution in [0.25, 0.3) is 0 Å². The molecular formula is C12H14Cl2O2. The zero-order valence-electron chi connectivity index (χ0n) is 9.35. The SMILES string of the molecule is CC1=CC[C@@H]([C@]2(C)CC(=O)C2(Cl)Cl)CC1=O. The van der Waals surface area contributed by atoms with Gasteiger partial charge >= 0.3 is 0 Å². The molecule has 2 rings (SSSR count). The lowest BCUT2D eigenvalue weighted by atomic mass is 9.57. The van der Waals surface area contributed by atoms with E-state index in [1.807, 2.05) is 19.9 Å². The summed E-state index contributed by atoms with van der Waals surface area (Å²) in [7, 11) is 0. The normalized spacial score (nSPS) is 38.0. The highest BCUT2D eigenvalue weighted by molar-refractivity contribution is 6.61. The third-order valence-electron chi connectivity index (χ3n) is 4.08. The van der Waals surface area contributed by atoms with E-state index in [0.29, 0.717) is 12.8 Å². The summed E-state index contributed by atoms with van der Waals surface area (Å²) in [6, 6.07) is 0. The van der Waals surface area contributed by atoms with Gasteiger partial charge in [0.2, 0.25) is 0 Å². The van der Waals surface area contributed by atoms with Crippen molar-refractivity contribution in [2.45, 2.75) is 37.4 Å². The first-order chi connectivity index (χ1) is 7.29. The number of allylic oxidation sites excluding steroid dienone is 2. The molecule has 0 heterocycles. The molecule has 0 bridgehead atoms. The molecule has 88 valence electrons. The molecule has 0 unspecified atom stereocenters. The standard InChI is InChI=1S/C12H14Cl2O2/c1-7-3-4-8(5-9(7)15)11(2)6-10(16)12(11,13)14/h3,8H,4-6H2,1-2H3/t8-,11+/m1/s1. The molecule has 0 aromatic heterocycles. The fourth-order valence-corrected chi connectivity index (χ4v) is 3.13. The van der Waals surface area contributed by atoms with Crippen molar-refractivity contribution < 1.29 is 9.59 Å². The Kier molecular flexibility index (Phi) is 2.71. The molecule has 0 N–H and O–H groups in total.